The van der Waals surface area contributed by atoms with E-state index in [9.17, 15) is 131 Å². The van der Waals surface area contributed by atoms with E-state index in [0.29, 0.717) is 18.2 Å². The number of phenols is 17. The zero-order valence-corrected chi connectivity index (χ0v) is 38.9. The lowest BCUT2D eigenvalue weighted by molar-refractivity contribution is -0.167. The number of carboxylic acid groups (broad SMARTS) is 2. The van der Waals surface area contributed by atoms with Crippen LogP contribution >= 0.6 is 0 Å². The summed E-state index contributed by atoms with van der Waals surface area (Å²) in [6, 6.07) is 2.12. The smallest absolute Gasteiger partial charge is 0.349 e. The van der Waals surface area contributed by atoms with Crippen LogP contribution in [0.5, 0.6) is 109 Å². The summed E-state index contributed by atoms with van der Waals surface area (Å²) in [6.45, 7) is -1.76. The highest BCUT2D eigenvalue weighted by Gasteiger charge is 2.51. The second-order valence-corrected chi connectivity index (χ2v) is 16.7. The number of esters is 5. The number of aliphatic carboxylic acids is 1. The van der Waals surface area contributed by atoms with E-state index in [0.717, 1.165) is 0 Å². The van der Waals surface area contributed by atoms with Crippen LogP contribution in [0.15, 0.2) is 42.5 Å². The van der Waals surface area contributed by atoms with E-state index in [1.54, 1.807) is 0 Å². The highest BCUT2D eigenvalue weighted by atomic mass is 16.6. The maximum atomic E-state index is 14.9. The van der Waals surface area contributed by atoms with Gasteiger partial charge in [-0.3, -0.25) is 0 Å². The van der Waals surface area contributed by atoms with Crippen molar-refractivity contribution < 1.29 is 159 Å². The molecule has 32 nitrogen and oxygen atoms in total. The van der Waals surface area contributed by atoms with Gasteiger partial charge in [0.15, 0.2) is 93.1 Å². The Morgan fingerprint density at radius 2 is 0.812 bits per heavy atom. The zero-order valence-electron chi connectivity index (χ0n) is 38.9. The quantitative estimate of drug-likeness (QED) is 0.0619. The van der Waals surface area contributed by atoms with Crippen molar-refractivity contribution in [3.05, 3.63) is 75.8 Å². The van der Waals surface area contributed by atoms with Gasteiger partial charge in [0.25, 0.3) is 0 Å². The number of rotatable bonds is 7. The number of hydrogen-bond acceptors (Lipinski definition) is 30. The van der Waals surface area contributed by atoms with Crippen LogP contribution in [0, 0.1) is 0 Å². The fourth-order valence-electron chi connectivity index (χ4n) is 8.13. The number of carboxylic acids is 2. The number of carbonyl (C=O) groups is 7. The summed E-state index contributed by atoms with van der Waals surface area (Å²) in [4.78, 5) is 97.8. The van der Waals surface area contributed by atoms with Crippen molar-refractivity contribution in [3.8, 4) is 131 Å². The van der Waals surface area contributed by atoms with E-state index in [4.69, 9.17) is 28.4 Å². The van der Waals surface area contributed by atoms with Gasteiger partial charge in [-0.1, -0.05) is 0 Å². The molecule has 0 bridgehead atoms. The van der Waals surface area contributed by atoms with Crippen LogP contribution in [0.2, 0.25) is 0 Å². The molecular weight excluding hydrogens is 1090 g/mol. The van der Waals surface area contributed by atoms with Gasteiger partial charge in [0.1, 0.15) is 12.2 Å². The van der Waals surface area contributed by atoms with Crippen molar-refractivity contribution in [2.75, 3.05) is 6.61 Å². The minimum Gasteiger partial charge on any atom is -0.504 e. The molecule has 4 unspecified atom stereocenters. The molecule has 0 amide bonds. The maximum Gasteiger partial charge on any atom is 0.349 e. The molecule has 0 radical (unpaired) electrons. The molecule has 2 aliphatic rings. The van der Waals surface area contributed by atoms with E-state index in [1.165, 1.54) is 0 Å². The molecule has 4 atom stereocenters. The zero-order chi connectivity index (χ0) is 59.0. The molecule has 19 N–H and O–H groups in total. The van der Waals surface area contributed by atoms with Crippen molar-refractivity contribution in [2.45, 2.75) is 24.4 Å². The second-order valence-electron chi connectivity index (χ2n) is 16.7. The van der Waals surface area contributed by atoms with Gasteiger partial charge in [-0.15, -0.1) is 0 Å². The number of phenolic OH excluding ortho intramolecular Hbond substituents is 17. The third-order valence-corrected chi connectivity index (χ3v) is 11.9. The van der Waals surface area contributed by atoms with Gasteiger partial charge in [0, 0.05) is 34.4 Å². The van der Waals surface area contributed by atoms with Crippen LogP contribution in [0.4, 0.5) is 0 Å². The number of aromatic carboxylic acids is 1. The van der Waals surface area contributed by atoms with Crippen molar-refractivity contribution in [1.82, 2.24) is 0 Å². The van der Waals surface area contributed by atoms with Gasteiger partial charge in [0.05, 0.1) is 27.8 Å². The first-order valence-corrected chi connectivity index (χ1v) is 21.6. The lowest BCUT2D eigenvalue weighted by Gasteiger charge is -2.35. The monoisotopic (exact) mass is 1120 g/mol. The fourth-order valence-corrected chi connectivity index (χ4v) is 8.13. The normalized spacial score (nSPS) is 17.1. The molecule has 0 spiro atoms. The standard InChI is InChI=1S/C48H32O32/c49-15-1-9(2-16(50)27(15)55)44(70)77-22-8-75-45(71)13-7-21(76-38-14(42(66)67)6-20(54)31(59)37(38)65)32(60)36(64)26(13)25-10(3-17(51)30(58)35(25)63)46(72)78-39(22)40-41(43(68)69)80-48(74)12-5-19(53)29(57)34(62)24(12)23-11(47(73)79-40)4-18(52)28(56)33(23)61/h1-7,22,39-41,49-65H,8H2,(H,66,67)(H,68,69). The van der Waals surface area contributed by atoms with Crippen molar-refractivity contribution in [1.29, 1.82) is 0 Å². The third-order valence-electron chi connectivity index (χ3n) is 11.9. The summed E-state index contributed by atoms with van der Waals surface area (Å²) in [5.74, 6) is -42.5. The molecular formula is C48H32O32. The summed E-state index contributed by atoms with van der Waals surface area (Å²) >= 11 is 0. The minimum atomic E-state index is -3.25. The summed E-state index contributed by atoms with van der Waals surface area (Å²) in [5.41, 5.74) is -12.8. The minimum absolute atomic E-state index is 0.185. The molecule has 32 heteroatoms. The molecule has 0 fully saturated rings. The van der Waals surface area contributed by atoms with Crippen LogP contribution in [0.25, 0.3) is 22.3 Å². The second kappa shape index (κ2) is 19.6. The van der Waals surface area contributed by atoms with Crippen LogP contribution in [0.3, 0.4) is 0 Å². The Balaban J connectivity index is 1.40. The number of aromatic hydroxyl groups is 17. The average molecular weight is 1120 g/mol. The Hall–Kier alpha value is -12.0. The number of hydrogen-bond donors (Lipinski definition) is 19. The van der Waals surface area contributed by atoms with E-state index in [2.05, 4.69) is 0 Å². The van der Waals surface area contributed by atoms with Crippen molar-refractivity contribution in [3.63, 3.8) is 0 Å². The number of cyclic esters (lactones) is 4. The van der Waals surface area contributed by atoms with E-state index in [1.807, 2.05) is 0 Å². The van der Waals surface area contributed by atoms with Gasteiger partial charge in [-0.25, -0.2) is 33.6 Å². The lowest BCUT2D eigenvalue weighted by atomic mass is 9.91. The highest BCUT2D eigenvalue weighted by Crippen LogP contribution is 2.57. The fraction of sp³-hybridized carbons (Fsp3) is 0.104. The Bertz CT molecular complexity index is 3740. The Morgan fingerprint density at radius 1 is 0.425 bits per heavy atom. The first-order valence-electron chi connectivity index (χ1n) is 21.6. The molecule has 80 heavy (non-hydrogen) atoms. The Labute approximate surface area is 438 Å². The van der Waals surface area contributed by atoms with Crippen molar-refractivity contribution in [2.24, 2.45) is 0 Å². The number of ether oxygens (including phenoxy) is 6. The summed E-state index contributed by atoms with van der Waals surface area (Å²) < 4.78 is 32.3. The first-order chi connectivity index (χ1) is 37.5. The Kier molecular flexibility index (Phi) is 13.3. The topological polar surface area (TPSA) is 559 Å². The van der Waals surface area contributed by atoms with E-state index in [-0.39, 0.29) is 24.3 Å². The molecule has 2 aliphatic heterocycles. The molecule has 0 aliphatic carbocycles. The SMILES string of the molecule is O=C(OC1COC(=O)c2cc(Oc3c(C(=O)O)cc(O)c(O)c3O)c(O)c(O)c2-c2c(cc(O)c(O)c2O)C(=O)OC1C1OC(=O)c2cc(O)c(O)c(O)c2-c2c(cc(O)c(O)c2O)C(=O)OC1C(=O)O)c1cc(O)c(O)c(O)c1. The predicted molar refractivity (Wildman–Crippen MR) is 247 cm³/mol. The van der Waals surface area contributed by atoms with Crippen LogP contribution in [-0.4, -0.2) is 170 Å². The van der Waals surface area contributed by atoms with Gasteiger partial charge in [0.2, 0.25) is 40.6 Å². The molecule has 8 rings (SSSR count). The van der Waals surface area contributed by atoms with Gasteiger partial charge in [-0.2, -0.15) is 0 Å². The highest BCUT2D eigenvalue weighted by molar-refractivity contribution is 6.10. The Morgan fingerprint density at radius 3 is 1.26 bits per heavy atom. The molecule has 6 aromatic carbocycles. The van der Waals surface area contributed by atoms with E-state index >= 15 is 0 Å². The van der Waals surface area contributed by atoms with Gasteiger partial charge >= 0.3 is 41.8 Å². The first kappa shape index (κ1) is 54.3. The summed E-state index contributed by atoms with van der Waals surface area (Å²) in [5, 5.41) is 202. The molecule has 416 valence electrons. The van der Waals surface area contributed by atoms with Crippen LogP contribution < -0.4 is 4.74 Å². The number of fused-ring (bicyclic) bond motifs is 6. The van der Waals surface area contributed by atoms with E-state index < -0.39 is 238 Å². The molecule has 0 saturated heterocycles. The van der Waals surface area contributed by atoms with Crippen molar-refractivity contribution >= 4 is 41.8 Å². The van der Waals surface area contributed by atoms with Gasteiger partial charge in [-0.05, 0) is 30.3 Å². The molecule has 0 saturated carbocycles. The summed E-state index contributed by atoms with van der Waals surface area (Å²) in [6.07, 6.45) is -12.4. The summed E-state index contributed by atoms with van der Waals surface area (Å²) in [7, 11) is 0. The van der Waals surface area contributed by atoms with Crippen LogP contribution in [-0.2, 0) is 28.5 Å². The molecule has 0 aromatic heterocycles. The predicted octanol–water partition coefficient (Wildman–Crippen LogP) is 2.28. The molecule has 6 aromatic rings. The molecule has 2 heterocycles. The average Bonchev–Trinajstić information content (AvgIpc) is 3.55. The lowest BCUT2D eigenvalue weighted by Crippen LogP contribution is -2.55. The third kappa shape index (κ3) is 8.90. The van der Waals surface area contributed by atoms with Gasteiger partial charge < -0.3 is 125 Å². The number of carbonyl (C=O) groups excluding carboxylic acids is 5. The largest absolute Gasteiger partial charge is 0.504 e. The number of benzene rings is 6. The maximum absolute atomic E-state index is 14.9. The van der Waals surface area contributed by atoms with Crippen LogP contribution in [0.1, 0.15) is 62.1 Å².